The third-order valence-corrected chi connectivity index (χ3v) is 4.20. The highest BCUT2D eigenvalue weighted by atomic mass is 16.5. The van der Waals surface area contributed by atoms with Crippen LogP contribution in [0.25, 0.3) is 0 Å². The van der Waals surface area contributed by atoms with Crippen molar-refractivity contribution in [3.8, 4) is 6.07 Å². The molecule has 1 saturated heterocycles. The van der Waals surface area contributed by atoms with Crippen molar-refractivity contribution >= 4 is 23.2 Å². The Balaban J connectivity index is 2.02. The molecule has 1 aromatic rings. The van der Waals surface area contributed by atoms with Gasteiger partial charge in [-0.3, -0.25) is 10.8 Å². The second-order valence-electron chi connectivity index (χ2n) is 8.00. The lowest BCUT2D eigenvalue weighted by Crippen LogP contribution is -2.59. The lowest BCUT2D eigenvalue weighted by Gasteiger charge is -2.45. The Morgan fingerprint density at radius 1 is 1.30 bits per heavy atom. The number of hydrogen-bond donors (Lipinski definition) is 4. The molecule has 8 nitrogen and oxygen atoms in total. The van der Waals surface area contributed by atoms with E-state index in [1.54, 1.807) is 30.3 Å². The third-order valence-electron chi connectivity index (χ3n) is 4.20. The molecule has 5 N–H and O–H groups in total. The Bertz CT molecular complexity index is 773. The van der Waals surface area contributed by atoms with Crippen LogP contribution in [0.2, 0.25) is 0 Å². The number of hydrogen-bond acceptors (Lipinski definition) is 7. The van der Waals surface area contributed by atoms with Crippen LogP contribution in [0, 0.1) is 16.7 Å². The van der Waals surface area contributed by atoms with Gasteiger partial charge in [-0.25, -0.2) is 4.79 Å². The number of amidine groups is 1. The molecule has 1 aliphatic rings. The largest absolute Gasteiger partial charge is 0.459 e. The molecule has 0 atom stereocenters. The van der Waals surface area contributed by atoms with E-state index in [0.717, 1.165) is 12.8 Å². The van der Waals surface area contributed by atoms with Gasteiger partial charge >= 0.3 is 5.97 Å². The number of esters is 1. The fourth-order valence-electron chi connectivity index (χ4n) is 3.48. The second-order valence-corrected chi connectivity index (χ2v) is 8.00. The lowest BCUT2D eigenvalue weighted by atomic mass is 9.81. The Kier molecular flexibility index (Phi) is 5.86. The molecule has 0 bridgehead atoms. The Labute approximate surface area is 159 Å². The van der Waals surface area contributed by atoms with Crippen molar-refractivity contribution in [3.63, 3.8) is 0 Å². The highest BCUT2D eigenvalue weighted by molar-refractivity contribution is 6.45. The first-order chi connectivity index (χ1) is 12.5. The summed E-state index contributed by atoms with van der Waals surface area (Å²) in [5.41, 5.74) is 8.43. The number of hydrazone groups is 1. The zero-order valence-corrected chi connectivity index (χ0v) is 16.1. The number of nitrogens with zero attached hydrogens (tertiary/aromatic N) is 2. The molecule has 2 rings (SSSR count). The van der Waals surface area contributed by atoms with Crippen molar-refractivity contribution in [2.45, 2.75) is 57.7 Å². The molecule has 1 fully saturated rings. The summed E-state index contributed by atoms with van der Waals surface area (Å²) in [6.07, 6.45) is 1.34. The van der Waals surface area contributed by atoms with Gasteiger partial charge in [-0.2, -0.15) is 10.4 Å². The maximum Gasteiger partial charge on any atom is 0.338 e. The summed E-state index contributed by atoms with van der Waals surface area (Å²) in [6, 6.07) is 8.25. The Morgan fingerprint density at radius 2 is 1.85 bits per heavy atom. The number of ether oxygens (including phenoxy) is 1. The molecule has 0 aliphatic carbocycles. The van der Waals surface area contributed by atoms with Gasteiger partial charge in [0, 0.05) is 23.9 Å². The maximum absolute atomic E-state index is 12.5. The number of carbonyl (C=O) groups excluding carboxylic acids is 1. The van der Waals surface area contributed by atoms with E-state index in [1.807, 2.05) is 0 Å². The van der Waals surface area contributed by atoms with Crippen LogP contribution in [0.5, 0.6) is 0 Å². The number of nitrogens with two attached hydrogens (primary N) is 1. The standard InChI is InChI=1S/C19H26N6O2/c1-18(2)9-14(10-19(3,4)25-18)27-17(26)12-5-7-13(8-6-12)23-24-15(11-20)16(21)22/h5-8,14,23,25H,9-10H2,1-4H3,(H3,21,22)/b24-15+. The summed E-state index contributed by atoms with van der Waals surface area (Å²) in [5.74, 6) is -0.789. The number of piperidine rings is 1. The van der Waals surface area contributed by atoms with Gasteiger partial charge < -0.3 is 15.8 Å². The summed E-state index contributed by atoms with van der Waals surface area (Å²) in [4.78, 5) is 12.5. The Hall–Kier alpha value is -2.92. The van der Waals surface area contributed by atoms with Crippen molar-refractivity contribution in [2.75, 3.05) is 5.43 Å². The van der Waals surface area contributed by atoms with Crippen LogP contribution in [0.15, 0.2) is 29.4 Å². The minimum atomic E-state index is -0.419. The number of benzene rings is 1. The van der Waals surface area contributed by atoms with Gasteiger partial charge in [0.15, 0.2) is 5.84 Å². The molecule has 1 heterocycles. The fraction of sp³-hybridized carbons (Fsp3) is 0.474. The van der Waals surface area contributed by atoms with Crippen molar-refractivity contribution in [1.82, 2.24) is 5.32 Å². The van der Waals surface area contributed by atoms with E-state index in [4.69, 9.17) is 21.1 Å². The van der Waals surface area contributed by atoms with Crippen molar-refractivity contribution in [1.29, 1.82) is 10.7 Å². The molecule has 144 valence electrons. The monoisotopic (exact) mass is 370 g/mol. The van der Waals surface area contributed by atoms with E-state index < -0.39 is 5.84 Å². The SMILES string of the molecule is CC1(C)CC(OC(=O)c2ccc(N/N=C(\C#N)C(=N)N)cc2)CC(C)(C)N1. The van der Waals surface area contributed by atoms with Crippen molar-refractivity contribution < 1.29 is 9.53 Å². The van der Waals surface area contributed by atoms with E-state index in [0.29, 0.717) is 11.3 Å². The van der Waals surface area contributed by atoms with E-state index in [9.17, 15) is 4.79 Å². The third kappa shape index (κ3) is 5.79. The minimum Gasteiger partial charge on any atom is -0.459 e. The number of carbonyl (C=O) groups is 1. The molecule has 0 unspecified atom stereocenters. The molecular weight excluding hydrogens is 344 g/mol. The average molecular weight is 370 g/mol. The van der Waals surface area contributed by atoms with Crippen LogP contribution in [0.3, 0.4) is 0 Å². The summed E-state index contributed by atoms with van der Waals surface area (Å²) in [7, 11) is 0. The van der Waals surface area contributed by atoms with E-state index in [-0.39, 0.29) is 28.9 Å². The normalized spacial score (nSPS) is 19.0. The van der Waals surface area contributed by atoms with E-state index in [1.165, 1.54) is 0 Å². The zero-order chi connectivity index (χ0) is 20.2. The number of anilines is 1. The van der Waals surface area contributed by atoms with Crippen LogP contribution in [-0.4, -0.2) is 34.7 Å². The van der Waals surface area contributed by atoms with Gasteiger partial charge in [-0.05, 0) is 52.0 Å². The molecule has 1 aromatic carbocycles. The molecule has 0 radical (unpaired) electrons. The van der Waals surface area contributed by atoms with Gasteiger partial charge in [0.25, 0.3) is 0 Å². The summed E-state index contributed by atoms with van der Waals surface area (Å²) >= 11 is 0. The first-order valence-electron chi connectivity index (χ1n) is 8.70. The predicted octanol–water partition coefficient (Wildman–Crippen LogP) is 2.38. The minimum absolute atomic E-state index is 0.104. The average Bonchev–Trinajstić information content (AvgIpc) is 2.52. The van der Waals surface area contributed by atoms with Crippen LogP contribution in [0.4, 0.5) is 5.69 Å². The van der Waals surface area contributed by atoms with Crippen LogP contribution < -0.4 is 16.5 Å². The van der Waals surface area contributed by atoms with Crippen molar-refractivity contribution in [2.24, 2.45) is 10.8 Å². The predicted molar refractivity (Wildman–Crippen MR) is 105 cm³/mol. The second kappa shape index (κ2) is 7.76. The lowest BCUT2D eigenvalue weighted by molar-refractivity contribution is -0.00637. The molecule has 8 heteroatoms. The first-order valence-corrected chi connectivity index (χ1v) is 8.70. The molecular formula is C19H26N6O2. The number of rotatable bonds is 5. The van der Waals surface area contributed by atoms with Gasteiger partial charge in [0.05, 0.1) is 11.3 Å². The van der Waals surface area contributed by atoms with Crippen LogP contribution in [-0.2, 0) is 4.74 Å². The summed E-state index contributed by atoms with van der Waals surface area (Å²) in [5, 5.41) is 23.3. The van der Waals surface area contributed by atoms with Crippen molar-refractivity contribution in [3.05, 3.63) is 29.8 Å². The van der Waals surface area contributed by atoms with Crippen LogP contribution in [0.1, 0.15) is 50.9 Å². The highest BCUT2D eigenvalue weighted by Crippen LogP contribution is 2.30. The molecule has 0 amide bonds. The first kappa shape index (κ1) is 20.4. The van der Waals surface area contributed by atoms with Gasteiger partial charge in [0.2, 0.25) is 5.71 Å². The summed E-state index contributed by atoms with van der Waals surface area (Å²) in [6.45, 7) is 8.41. The maximum atomic E-state index is 12.5. The van der Waals surface area contributed by atoms with Crippen LogP contribution >= 0.6 is 0 Å². The van der Waals surface area contributed by atoms with Gasteiger partial charge in [-0.1, -0.05) is 0 Å². The van der Waals surface area contributed by atoms with E-state index in [2.05, 4.69) is 43.5 Å². The topological polar surface area (TPSA) is 136 Å². The summed E-state index contributed by atoms with van der Waals surface area (Å²) < 4.78 is 5.72. The molecule has 0 spiro atoms. The smallest absolute Gasteiger partial charge is 0.338 e. The van der Waals surface area contributed by atoms with Gasteiger partial charge in [0.1, 0.15) is 12.2 Å². The number of nitrogens with one attached hydrogen (secondary N) is 3. The van der Waals surface area contributed by atoms with Gasteiger partial charge in [-0.15, -0.1) is 0 Å². The fourth-order valence-corrected chi connectivity index (χ4v) is 3.48. The van der Waals surface area contributed by atoms with E-state index >= 15 is 0 Å². The Morgan fingerprint density at radius 3 is 2.33 bits per heavy atom. The zero-order valence-electron chi connectivity index (χ0n) is 16.1. The molecule has 0 aromatic heterocycles. The molecule has 27 heavy (non-hydrogen) atoms. The molecule has 1 aliphatic heterocycles. The quantitative estimate of drug-likeness (QED) is 0.272. The highest BCUT2D eigenvalue weighted by Gasteiger charge is 2.39. The molecule has 0 saturated carbocycles. The number of nitriles is 1.